The number of nitrogens with one attached hydrogen (secondary N) is 1. The van der Waals surface area contributed by atoms with E-state index in [1.54, 1.807) is 0 Å². The van der Waals surface area contributed by atoms with Crippen LogP contribution in [0.5, 0.6) is 0 Å². The molecule has 0 saturated heterocycles. The predicted octanol–water partition coefficient (Wildman–Crippen LogP) is 4.86. The third-order valence-electron chi connectivity index (χ3n) is 3.77. The molecule has 0 aliphatic heterocycles. The lowest BCUT2D eigenvalue weighted by Crippen LogP contribution is -2.22. The Morgan fingerprint density at radius 3 is 2.80 bits per heavy atom. The number of hydrogen-bond acceptors (Lipinski definition) is 2. The molecule has 0 spiro atoms. The molecule has 20 heavy (non-hydrogen) atoms. The van der Waals surface area contributed by atoms with Gasteiger partial charge in [-0.1, -0.05) is 51.3 Å². The SMILES string of the molecule is CCCCCC(NCCC)c1ccc2cccnc2c1. The van der Waals surface area contributed by atoms with E-state index >= 15 is 0 Å². The lowest BCUT2D eigenvalue weighted by molar-refractivity contribution is 0.475. The number of hydrogen-bond donors (Lipinski definition) is 1. The van der Waals surface area contributed by atoms with Crippen molar-refractivity contribution in [2.45, 2.75) is 52.0 Å². The monoisotopic (exact) mass is 270 g/mol. The summed E-state index contributed by atoms with van der Waals surface area (Å²) in [6, 6.07) is 11.3. The fourth-order valence-electron chi connectivity index (χ4n) is 2.60. The fourth-order valence-corrected chi connectivity index (χ4v) is 2.60. The third-order valence-corrected chi connectivity index (χ3v) is 3.77. The Hall–Kier alpha value is -1.41. The quantitative estimate of drug-likeness (QED) is 0.693. The summed E-state index contributed by atoms with van der Waals surface area (Å²) in [5.41, 5.74) is 2.48. The highest BCUT2D eigenvalue weighted by Gasteiger charge is 2.11. The molecule has 1 heterocycles. The van der Waals surface area contributed by atoms with Crippen LogP contribution in [0.3, 0.4) is 0 Å². The van der Waals surface area contributed by atoms with Gasteiger partial charge in [0.25, 0.3) is 0 Å². The summed E-state index contributed by atoms with van der Waals surface area (Å²) in [7, 11) is 0. The molecular weight excluding hydrogens is 244 g/mol. The number of nitrogens with zero attached hydrogens (tertiary/aromatic N) is 1. The van der Waals surface area contributed by atoms with Crippen LogP contribution in [0.4, 0.5) is 0 Å². The van der Waals surface area contributed by atoms with E-state index in [-0.39, 0.29) is 0 Å². The molecular formula is C18H26N2. The molecule has 0 aliphatic carbocycles. The highest BCUT2D eigenvalue weighted by atomic mass is 14.9. The van der Waals surface area contributed by atoms with Crippen LogP contribution in [0, 0.1) is 0 Å². The standard InChI is InChI=1S/C18H26N2/c1-3-5-6-9-17(19-12-4-2)16-11-10-15-8-7-13-20-18(15)14-16/h7-8,10-11,13-14,17,19H,3-6,9,12H2,1-2H3. The van der Waals surface area contributed by atoms with Gasteiger partial charge in [-0.2, -0.15) is 0 Å². The largest absolute Gasteiger partial charge is 0.310 e. The van der Waals surface area contributed by atoms with Crippen LogP contribution < -0.4 is 5.32 Å². The van der Waals surface area contributed by atoms with Crippen LogP contribution in [-0.2, 0) is 0 Å². The summed E-state index contributed by atoms with van der Waals surface area (Å²) < 4.78 is 0. The first-order chi connectivity index (χ1) is 9.85. The first-order valence-electron chi connectivity index (χ1n) is 7.93. The van der Waals surface area contributed by atoms with E-state index in [9.17, 15) is 0 Å². The zero-order valence-electron chi connectivity index (χ0n) is 12.7. The summed E-state index contributed by atoms with van der Waals surface area (Å²) in [6.07, 6.45) is 8.15. The molecule has 2 rings (SSSR count). The summed E-state index contributed by atoms with van der Waals surface area (Å²) in [4.78, 5) is 4.47. The van der Waals surface area contributed by atoms with Gasteiger partial charge in [0.05, 0.1) is 5.52 Å². The number of benzene rings is 1. The van der Waals surface area contributed by atoms with E-state index in [2.05, 4.69) is 48.4 Å². The fraction of sp³-hybridized carbons (Fsp3) is 0.500. The molecule has 0 radical (unpaired) electrons. The van der Waals surface area contributed by atoms with E-state index in [4.69, 9.17) is 0 Å². The van der Waals surface area contributed by atoms with Gasteiger partial charge in [-0.25, -0.2) is 0 Å². The molecule has 1 atom stereocenters. The number of rotatable bonds is 8. The first-order valence-corrected chi connectivity index (χ1v) is 7.93. The molecule has 2 aromatic rings. The Kier molecular flexibility index (Phi) is 6.00. The van der Waals surface area contributed by atoms with Gasteiger partial charge in [0.15, 0.2) is 0 Å². The van der Waals surface area contributed by atoms with Crippen LogP contribution in [0.25, 0.3) is 10.9 Å². The predicted molar refractivity (Wildman–Crippen MR) is 86.9 cm³/mol. The van der Waals surface area contributed by atoms with E-state index in [1.165, 1.54) is 43.1 Å². The Labute approximate surface area is 122 Å². The lowest BCUT2D eigenvalue weighted by atomic mass is 9.99. The maximum absolute atomic E-state index is 4.47. The van der Waals surface area contributed by atoms with Crippen molar-refractivity contribution in [3.05, 3.63) is 42.1 Å². The van der Waals surface area contributed by atoms with Crippen LogP contribution in [-0.4, -0.2) is 11.5 Å². The van der Waals surface area contributed by atoms with Gasteiger partial charge >= 0.3 is 0 Å². The lowest BCUT2D eigenvalue weighted by Gasteiger charge is -2.19. The molecule has 2 heteroatoms. The molecule has 0 aliphatic rings. The van der Waals surface area contributed by atoms with Crippen molar-refractivity contribution in [1.82, 2.24) is 10.3 Å². The Bertz CT molecular complexity index is 522. The number of fused-ring (bicyclic) bond motifs is 1. The van der Waals surface area contributed by atoms with Gasteiger partial charge in [0, 0.05) is 17.6 Å². The van der Waals surface area contributed by atoms with Crippen LogP contribution >= 0.6 is 0 Å². The van der Waals surface area contributed by atoms with Crippen LogP contribution in [0.1, 0.15) is 57.6 Å². The molecule has 1 N–H and O–H groups in total. The smallest absolute Gasteiger partial charge is 0.0705 e. The second-order valence-corrected chi connectivity index (χ2v) is 5.46. The highest BCUT2D eigenvalue weighted by molar-refractivity contribution is 5.78. The van der Waals surface area contributed by atoms with Crippen LogP contribution in [0.2, 0.25) is 0 Å². The molecule has 108 valence electrons. The highest BCUT2D eigenvalue weighted by Crippen LogP contribution is 2.23. The molecule has 2 nitrogen and oxygen atoms in total. The number of unbranched alkanes of at least 4 members (excludes halogenated alkanes) is 2. The summed E-state index contributed by atoms with van der Waals surface area (Å²) >= 11 is 0. The zero-order valence-corrected chi connectivity index (χ0v) is 12.7. The average molecular weight is 270 g/mol. The van der Waals surface area contributed by atoms with Gasteiger partial charge in [-0.05, 0) is 37.1 Å². The van der Waals surface area contributed by atoms with E-state index in [1.807, 2.05) is 12.3 Å². The molecule has 0 fully saturated rings. The van der Waals surface area contributed by atoms with Crippen LogP contribution in [0.15, 0.2) is 36.5 Å². The van der Waals surface area contributed by atoms with Crippen molar-refractivity contribution in [2.75, 3.05) is 6.54 Å². The van der Waals surface area contributed by atoms with Gasteiger partial charge in [-0.15, -0.1) is 0 Å². The summed E-state index contributed by atoms with van der Waals surface area (Å²) in [6.45, 7) is 5.56. The molecule has 0 amide bonds. The van der Waals surface area contributed by atoms with Gasteiger partial charge in [-0.3, -0.25) is 4.98 Å². The normalized spacial score (nSPS) is 12.7. The minimum atomic E-state index is 0.466. The average Bonchev–Trinajstić information content (AvgIpc) is 2.50. The van der Waals surface area contributed by atoms with Gasteiger partial charge in [0.2, 0.25) is 0 Å². The Morgan fingerprint density at radius 2 is 2.00 bits per heavy atom. The van der Waals surface area contributed by atoms with Crippen molar-refractivity contribution in [3.8, 4) is 0 Å². The summed E-state index contributed by atoms with van der Waals surface area (Å²) in [5.74, 6) is 0. The van der Waals surface area contributed by atoms with Crippen molar-refractivity contribution in [3.63, 3.8) is 0 Å². The Balaban J connectivity index is 2.15. The van der Waals surface area contributed by atoms with E-state index < -0.39 is 0 Å². The maximum atomic E-state index is 4.47. The number of aromatic nitrogens is 1. The molecule has 0 bridgehead atoms. The second kappa shape index (κ2) is 8.01. The van der Waals surface area contributed by atoms with E-state index in [0.29, 0.717) is 6.04 Å². The second-order valence-electron chi connectivity index (χ2n) is 5.46. The Morgan fingerprint density at radius 1 is 1.10 bits per heavy atom. The van der Waals surface area contributed by atoms with Gasteiger partial charge < -0.3 is 5.32 Å². The minimum Gasteiger partial charge on any atom is -0.310 e. The summed E-state index contributed by atoms with van der Waals surface area (Å²) in [5, 5.41) is 4.90. The first kappa shape index (κ1) is 15.0. The topological polar surface area (TPSA) is 24.9 Å². The molecule has 1 aromatic heterocycles. The van der Waals surface area contributed by atoms with Gasteiger partial charge in [0.1, 0.15) is 0 Å². The third kappa shape index (κ3) is 4.04. The van der Waals surface area contributed by atoms with Crippen molar-refractivity contribution >= 4 is 10.9 Å². The van der Waals surface area contributed by atoms with Crippen molar-refractivity contribution in [2.24, 2.45) is 0 Å². The number of pyridine rings is 1. The minimum absolute atomic E-state index is 0.466. The molecule has 1 unspecified atom stereocenters. The maximum Gasteiger partial charge on any atom is 0.0705 e. The molecule has 1 aromatic carbocycles. The van der Waals surface area contributed by atoms with Crippen molar-refractivity contribution in [1.29, 1.82) is 0 Å². The molecule has 0 saturated carbocycles. The van der Waals surface area contributed by atoms with Crippen molar-refractivity contribution < 1.29 is 0 Å². The van der Waals surface area contributed by atoms with E-state index in [0.717, 1.165) is 12.1 Å². The zero-order chi connectivity index (χ0) is 14.2.